The number of hydrogen-bond acceptors (Lipinski definition) is 2. The van der Waals surface area contributed by atoms with Crippen molar-refractivity contribution in [2.24, 2.45) is 5.92 Å². The quantitative estimate of drug-likeness (QED) is 0.798. The lowest BCUT2D eigenvalue weighted by molar-refractivity contribution is 0.254. The highest BCUT2D eigenvalue weighted by Crippen LogP contribution is 2.36. The monoisotopic (exact) mass is 269 g/mol. The third-order valence-corrected chi connectivity index (χ3v) is 4.32. The molecule has 0 N–H and O–H groups in total. The van der Waals surface area contributed by atoms with E-state index in [1.54, 1.807) is 0 Å². The summed E-state index contributed by atoms with van der Waals surface area (Å²) >= 11 is 6.25. The number of rotatable bonds is 2. The van der Waals surface area contributed by atoms with E-state index >= 15 is 0 Å². The molecule has 1 fully saturated rings. The second-order valence-corrected chi connectivity index (χ2v) is 6.89. The normalized spacial score (nSPS) is 20.1. The van der Waals surface area contributed by atoms with E-state index in [1.165, 1.54) is 32.1 Å². The zero-order chi connectivity index (χ0) is 13.3. The summed E-state index contributed by atoms with van der Waals surface area (Å²) in [4.78, 5) is 0. The SMILES string of the molecule is CC(C1CCCCC1)n1c(Cl)nnc1C(C)(C)C. The molecule has 102 valence electrons. The highest BCUT2D eigenvalue weighted by molar-refractivity contribution is 6.28. The first-order valence-electron chi connectivity index (χ1n) is 7.02. The van der Waals surface area contributed by atoms with Gasteiger partial charge in [0.15, 0.2) is 0 Å². The second-order valence-electron chi connectivity index (χ2n) is 6.55. The Kier molecular flexibility index (Phi) is 4.00. The molecule has 1 unspecified atom stereocenters. The molecule has 1 saturated carbocycles. The van der Waals surface area contributed by atoms with E-state index in [0.29, 0.717) is 17.2 Å². The first-order valence-corrected chi connectivity index (χ1v) is 7.40. The Morgan fingerprint density at radius 3 is 2.33 bits per heavy atom. The number of hydrogen-bond donors (Lipinski definition) is 0. The Labute approximate surface area is 115 Å². The van der Waals surface area contributed by atoms with Gasteiger partial charge >= 0.3 is 0 Å². The smallest absolute Gasteiger partial charge is 0.225 e. The van der Waals surface area contributed by atoms with Gasteiger partial charge in [0.05, 0.1) is 0 Å². The minimum atomic E-state index is -0.0108. The molecule has 0 aromatic carbocycles. The molecule has 1 aliphatic carbocycles. The molecular weight excluding hydrogens is 246 g/mol. The van der Waals surface area contributed by atoms with Crippen LogP contribution < -0.4 is 0 Å². The van der Waals surface area contributed by atoms with Gasteiger partial charge in [-0.25, -0.2) is 0 Å². The van der Waals surface area contributed by atoms with Gasteiger partial charge in [-0.2, -0.15) is 0 Å². The van der Waals surface area contributed by atoms with Crippen molar-refractivity contribution in [3.8, 4) is 0 Å². The van der Waals surface area contributed by atoms with Gasteiger partial charge in [0.1, 0.15) is 5.82 Å². The Morgan fingerprint density at radius 2 is 1.78 bits per heavy atom. The fraction of sp³-hybridized carbons (Fsp3) is 0.857. The Balaban J connectivity index is 2.28. The maximum atomic E-state index is 6.25. The van der Waals surface area contributed by atoms with E-state index in [1.807, 2.05) is 0 Å². The van der Waals surface area contributed by atoms with Crippen molar-refractivity contribution in [2.75, 3.05) is 0 Å². The van der Waals surface area contributed by atoms with E-state index in [9.17, 15) is 0 Å². The first-order chi connectivity index (χ1) is 8.41. The fourth-order valence-corrected chi connectivity index (χ4v) is 3.24. The third-order valence-electron chi connectivity index (χ3n) is 4.06. The van der Waals surface area contributed by atoms with Crippen LogP contribution in [0, 0.1) is 5.92 Å². The number of nitrogens with zero attached hydrogens (tertiary/aromatic N) is 3. The maximum absolute atomic E-state index is 6.25. The van der Waals surface area contributed by atoms with Gasteiger partial charge in [0.2, 0.25) is 5.28 Å². The summed E-state index contributed by atoms with van der Waals surface area (Å²) < 4.78 is 2.15. The van der Waals surface area contributed by atoms with Gasteiger partial charge in [-0.05, 0) is 37.3 Å². The molecular formula is C14H24ClN3. The molecule has 0 bridgehead atoms. The molecule has 2 rings (SSSR count). The predicted octanol–water partition coefficient (Wildman–Crippen LogP) is 4.37. The van der Waals surface area contributed by atoms with Crippen LogP contribution in [0.3, 0.4) is 0 Å². The topological polar surface area (TPSA) is 30.7 Å². The van der Waals surface area contributed by atoms with Crippen molar-refractivity contribution in [1.82, 2.24) is 14.8 Å². The number of halogens is 1. The lowest BCUT2D eigenvalue weighted by Gasteiger charge is -2.31. The van der Waals surface area contributed by atoms with Gasteiger partial charge in [0, 0.05) is 11.5 Å². The van der Waals surface area contributed by atoms with Crippen LogP contribution in [-0.2, 0) is 5.41 Å². The molecule has 4 heteroatoms. The Morgan fingerprint density at radius 1 is 1.17 bits per heavy atom. The number of aromatic nitrogens is 3. The summed E-state index contributed by atoms with van der Waals surface area (Å²) in [6.07, 6.45) is 6.68. The van der Waals surface area contributed by atoms with Crippen LogP contribution in [0.4, 0.5) is 0 Å². The van der Waals surface area contributed by atoms with E-state index < -0.39 is 0 Å². The fourth-order valence-electron chi connectivity index (χ4n) is 2.97. The summed E-state index contributed by atoms with van der Waals surface area (Å²) in [6.45, 7) is 8.76. The minimum absolute atomic E-state index is 0.0108. The zero-order valence-electron chi connectivity index (χ0n) is 11.9. The third kappa shape index (κ3) is 2.71. The van der Waals surface area contributed by atoms with E-state index in [0.717, 1.165) is 5.82 Å². The predicted molar refractivity (Wildman–Crippen MR) is 75.0 cm³/mol. The van der Waals surface area contributed by atoms with Gasteiger partial charge in [-0.3, -0.25) is 4.57 Å². The molecule has 1 atom stereocenters. The largest absolute Gasteiger partial charge is 0.298 e. The van der Waals surface area contributed by atoms with Crippen molar-refractivity contribution in [1.29, 1.82) is 0 Å². The second kappa shape index (κ2) is 5.20. The van der Waals surface area contributed by atoms with Gasteiger partial charge in [-0.15, -0.1) is 10.2 Å². The van der Waals surface area contributed by atoms with Crippen LogP contribution >= 0.6 is 11.6 Å². The summed E-state index contributed by atoms with van der Waals surface area (Å²) in [6, 6.07) is 0.405. The maximum Gasteiger partial charge on any atom is 0.225 e. The first kappa shape index (κ1) is 13.9. The van der Waals surface area contributed by atoms with Crippen molar-refractivity contribution >= 4 is 11.6 Å². The van der Waals surface area contributed by atoms with Gasteiger partial charge < -0.3 is 0 Å². The van der Waals surface area contributed by atoms with Crippen LogP contribution in [0.15, 0.2) is 0 Å². The van der Waals surface area contributed by atoms with Crippen LogP contribution in [-0.4, -0.2) is 14.8 Å². The van der Waals surface area contributed by atoms with Crippen molar-refractivity contribution < 1.29 is 0 Å². The van der Waals surface area contributed by atoms with E-state index in [-0.39, 0.29) is 5.41 Å². The molecule has 0 saturated heterocycles. The lowest BCUT2D eigenvalue weighted by atomic mass is 9.84. The summed E-state index contributed by atoms with van der Waals surface area (Å²) in [5, 5.41) is 8.90. The summed E-state index contributed by atoms with van der Waals surface area (Å²) in [5.41, 5.74) is -0.0108. The average Bonchev–Trinajstić information content (AvgIpc) is 2.71. The zero-order valence-corrected chi connectivity index (χ0v) is 12.7. The standard InChI is InChI=1S/C14H24ClN3/c1-10(11-8-6-5-7-9-11)18-12(14(2,3)4)16-17-13(18)15/h10-11H,5-9H2,1-4H3. The molecule has 1 heterocycles. The van der Waals surface area contributed by atoms with Gasteiger partial charge in [0.25, 0.3) is 0 Å². The molecule has 1 aromatic rings. The highest BCUT2D eigenvalue weighted by Gasteiger charge is 2.30. The van der Waals surface area contributed by atoms with Crippen LogP contribution in [0.1, 0.15) is 71.7 Å². The van der Waals surface area contributed by atoms with Crippen molar-refractivity contribution in [2.45, 2.75) is 71.3 Å². The Hall–Kier alpha value is -0.570. The summed E-state index contributed by atoms with van der Waals surface area (Å²) in [5.74, 6) is 1.72. The molecule has 0 radical (unpaired) electrons. The summed E-state index contributed by atoms with van der Waals surface area (Å²) in [7, 11) is 0. The van der Waals surface area contributed by atoms with E-state index in [4.69, 9.17) is 11.6 Å². The van der Waals surface area contributed by atoms with Crippen molar-refractivity contribution in [3.05, 3.63) is 11.1 Å². The molecule has 0 amide bonds. The average molecular weight is 270 g/mol. The molecule has 3 nitrogen and oxygen atoms in total. The lowest BCUT2D eigenvalue weighted by Crippen LogP contribution is -2.26. The molecule has 18 heavy (non-hydrogen) atoms. The van der Waals surface area contributed by atoms with Crippen LogP contribution in [0.2, 0.25) is 5.28 Å². The minimum Gasteiger partial charge on any atom is -0.298 e. The highest BCUT2D eigenvalue weighted by atomic mass is 35.5. The molecule has 0 spiro atoms. The van der Waals surface area contributed by atoms with Crippen LogP contribution in [0.5, 0.6) is 0 Å². The van der Waals surface area contributed by atoms with Crippen molar-refractivity contribution in [3.63, 3.8) is 0 Å². The Bertz CT molecular complexity index is 400. The molecule has 0 aliphatic heterocycles. The molecule has 1 aromatic heterocycles. The molecule has 1 aliphatic rings. The van der Waals surface area contributed by atoms with E-state index in [2.05, 4.69) is 42.5 Å². The van der Waals surface area contributed by atoms with Gasteiger partial charge in [-0.1, -0.05) is 40.0 Å². The van der Waals surface area contributed by atoms with Crippen LogP contribution in [0.25, 0.3) is 0 Å².